The molecule has 0 amide bonds. The zero-order valence-corrected chi connectivity index (χ0v) is 11.2. The summed E-state index contributed by atoms with van der Waals surface area (Å²) in [5, 5.41) is 4.01. The standard InChI is InChI=1S/C13H19N3O3/c1-10-8-11(14-19-10)9-15-3-5-16(6-4-15)12-2-7-18-13(12)17/h8,12H,2-7,9H2,1H3. The zero-order valence-electron chi connectivity index (χ0n) is 11.2. The Balaban J connectivity index is 1.50. The van der Waals surface area contributed by atoms with Gasteiger partial charge in [-0.25, -0.2) is 0 Å². The van der Waals surface area contributed by atoms with Gasteiger partial charge >= 0.3 is 5.97 Å². The van der Waals surface area contributed by atoms with Crippen LogP contribution in [0.1, 0.15) is 17.9 Å². The molecule has 19 heavy (non-hydrogen) atoms. The molecule has 1 aromatic heterocycles. The largest absolute Gasteiger partial charge is 0.464 e. The molecule has 0 aliphatic carbocycles. The molecule has 104 valence electrons. The zero-order chi connectivity index (χ0) is 13.2. The molecule has 3 heterocycles. The fourth-order valence-electron chi connectivity index (χ4n) is 2.77. The van der Waals surface area contributed by atoms with E-state index < -0.39 is 0 Å². The van der Waals surface area contributed by atoms with Crippen LogP contribution in [0.25, 0.3) is 0 Å². The number of carbonyl (C=O) groups excluding carboxylic acids is 1. The first kappa shape index (κ1) is 12.6. The summed E-state index contributed by atoms with van der Waals surface area (Å²) in [5.41, 5.74) is 0.978. The van der Waals surface area contributed by atoms with Crippen LogP contribution in [0.4, 0.5) is 0 Å². The summed E-state index contributed by atoms with van der Waals surface area (Å²) in [6.45, 7) is 7.03. The number of hydrogen-bond donors (Lipinski definition) is 0. The van der Waals surface area contributed by atoms with Gasteiger partial charge in [-0.2, -0.15) is 0 Å². The topological polar surface area (TPSA) is 58.8 Å². The van der Waals surface area contributed by atoms with Gasteiger partial charge in [-0.05, 0) is 6.92 Å². The summed E-state index contributed by atoms with van der Waals surface area (Å²) >= 11 is 0. The van der Waals surface area contributed by atoms with E-state index in [9.17, 15) is 4.79 Å². The monoisotopic (exact) mass is 265 g/mol. The molecular weight excluding hydrogens is 246 g/mol. The number of esters is 1. The van der Waals surface area contributed by atoms with Gasteiger partial charge in [0.15, 0.2) is 0 Å². The molecule has 1 unspecified atom stereocenters. The van der Waals surface area contributed by atoms with Gasteiger partial charge in [0.25, 0.3) is 0 Å². The minimum atomic E-state index is -0.0550. The number of aryl methyl sites for hydroxylation is 1. The Morgan fingerprint density at radius 1 is 1.37 bits per heavy atom. The highest BCUT2D eigenvalue weighted by Crippen LogP contribution is 2.17. The molecule has 0 aromatic carbocycles. The van der Waals surface area contributed by atoms with E-state index in [1.807, 2.05) is 13.0 Å². The second-order valence-electron chi connectivity index (χ2n) is 5.21. The third-order valence-corrected chi connectivity index (χ3v) is 3.82. The third kappa shape index (κ3) is 2.79. The van der Waals surface area contributed by atoms with Crippen LogP contribution in [0.15, 0.2) is 10.6 Å². The molecule has 2 aliphatic heterocycles. The number of nitrogens with zero attached hydrogens (tertiary/aromatic N) is 3. The Labute approximate surface area is 112 Å². The first-order chi connectivity index (χ1) is 9.22. The molecule has 1 aromatic rings. The number of cyclic esters (lactones) is 1. The predicted octanol–water partition coefficient (Wildman–Crippen LogP) is 0.416. The van der Waals surface area contributed by atoms with Gasteiger partial charge in [0, 0.05) is 45.2 Å². The molecule has 6 heteroatoms. The van der Waals surface area contributed by atoms with Crippen LogP contribution in [0, 0.1) is 6.92 Å². The molecule has 2 aliphatic rings. The molecule has 0 saturated carbocycles. The fraction of sp³-hybridized carbons (Fsp3) is 0.692. The number of ether oxygens (including phenoxy) is 1. The van der Waals surface area contributed by atoms with Gasteiger partial charge < -0.3 is 9.26 Å². The quantitative estimate of drug-likeness (QED) is 0.738. The first-order valence-corrected chi connectivity index (χ1v) is 6.77. The smallest absolute Gasteiger partial charge is 0.323 e. The van der Waals surface area contributed by atoms with Gasteiger partial charge in [-0.3, -0.25) is 14.6 Å². The third-order valence-electron chi connectivity index (χ3n) is 3.82. The summed E-state index contributed by atoms with van der Waals surface area (Å²) in [6.07, 6.45) is 0.835. The highest BCUT2D eigenvalue weighted by Gasteiger charge is 2.33. The van der Waals surface area contributed by atoms with Gasteiger partial charge in [-0.1, -0.05) is 5.16 Å². The summed E-state index contributed by atoms with van der Waals surface area (Å²) in [5.74, 6) is 0.794. The molecular formula is C13H19N3O3. The van der Waals surface area contributed by atoms with Crippen molar-refractivity contribution in [3.05, 3.63) is 17.5 Å². The summed E-state index contributed by atoms with van der Waals surface area (Å²) in [4.78, 5) is 16.1. The summed E-state index contributed by atoms with van der Waals surface area (Å²) in [7, 11) is 0. The predicted molar refractivity (Wildman–Crippen MR) is 67.5 cm³/mol. The Morgan fingerprint density at radius 3 is 2.74 bits per heavy atom. The van der Waals surface area contributed by atoms with E-state index in [4.69, 9.17) is 9.26 Å². The minimum absolute atomic E-state index is 0.0172. The maximum absolute atomic E-state index is 11.5. The highest BCUT2D eigenvalue weighted by atomic mass is 16.5. The van der Waals surface area contributed by atoms with E-state index in [-0.39, 0.29) is 12.0 Å². The second-order valence-corrected chi connectivity index (χ2v) is 5.21. The van der Waals surface area contributed by atoms with E-state index in [1.54, 1.807) is 0 Å². The SMILES string of the molecule is Cc1cc(CN2CCN(C3CCOC3=O)CC2)no1. The van der Waals surface area contributed by atoms with Crippen LogP contribution < -0.4 is 0 Å². The molecule has 3 rings (SSSR count). The van der Waals surface area contributed by atoms with Gasteiger partial charge in [0.2, 0.25) is 0 Å². The van der Waals surface area contributed by atoms with E-state index in [2.05, 4.69) is 15.0 Å². The number of aromatic nitrogens is 1. The van der Waals surface area contributed by atoms with Crippen LogP contribution in [-0.4, -0.2) is 59.8 Å². The lowest BCUT2D eigenvalue weighted by Gasteiger charge is -2.36. The van der Waals surface area contributed by atoms with Crippen LogP contribution >= 0.6 is 0 Å². The van der Waals surface area contributed by atoms with Crippen LogP contribution in [-0.2, 0) is 16.1 Å². The number of piperazine rings is 1. The van der Waals surface area contributed by atoms with Crippen molar-refractivity contribution >= 4 is 5.97 Å². The van der Waals surface area contributed by atoms with Crippen molar-refractivity contribution in [2.45, 2.75) is 25.9 Å². The molecule has 0 spiro atoms. The number of hydrogen-bond acceptors (Lipinski definition) is 6. The van der Waals surface area contributed by atoms with Gasteiger partial charge in [0.05, 0.1) is 12.3 Å². The Hall–Kier alpha value is -1.40. The van der Waals surface area contributed by atoms with E-state index >= 15 is 0 Å². The van der Waals surface area contributed by atoms with Gasteiger partial charge in [-0.15, -0.1) is 0 Å². The van der Waals surface area contributed by atoms with Crippen molar-refractivity contribution in [1.29, 1.82) is 0 Å². The number of rotatable bonds is 3. The summed E-state index contributed by atoms with van der Waals surface area (Å²) < 4.78 is 10.1. The lowest BCUT2D eigenvalue weighted by atomic mass is 10.2. The maximum Gasteiger partial charge on any atom is 0.323 e. The van der Waals surface area contributed by atoms with E-state index in [0.717, 1.165) is 50.6 Å². The number of carbonyl (C=O) groups is 1. The second kappa shape index (κ2) is 5.30. The first-order valence-electron chi connectivity index (χ1n) is 6.77. The Morgan fingerprint density at radius 2 is 2.16 bits per heavy atom. The fourth-order valence-corrected chi connectivity index (χ4v) is 2.77. The van der Waals surface area contributed by atoms with Crippen molar-refractivity contribution in [2.75, 3.05) is 32.8 Å². The van der Waals surface area contributed by atoms with Crippen LogP contribution in [0.2, 0.25) is 0 Å². The van der Waals surface area contributed by atoms with Crippen molar-refractivity contribution in [1.82, 2.24) is 15.0 Å². The molecule has 6 nitrogen and oxygen atoms in total. The van der Waals surface area contributed by atoms with E-state index in [1.165, 1.54) is 0 Å². The molecule has 2 fully saturated rings. The van der Waals surface area contributed by atoms with Crippen molar-refractivity contribution in [3.63, 3.8) is 0 Å². The highest BCUT2D eigenvalue weighted by molar-refractivity contribution is 5.77. The van der Waals surface area contributed by atoms with Gasteiger partial charge in [0.1, 0.15) is 11.8 Å². The van der Waals surface area contributed by atoms with Crippen molar-refractivity contribution in [3.8, 4) is 0 Å². The molecule has 2 saturated heterocycles. The summed E-state index contributed by atoms with van der Waals surface area (Å²) in [6, 6.07) is 1.96. The maximum atomic E-state index is 11.5. The average Bonchev–Trinajstić information content (AvgIpc) is 3.00. The van der Waals surface area contributed by atoms with Crippen LogP contribution in [0.5, 0.6) is 0 Å². The Kier molecular flexibility index (Phi) is 3.52. The minimum Gasteiger partial charge on any atom is -0.464 e. The molecule has 0 radical (unpaired) electrons. The molecule has 0 N–H and O–H groups in total. The van der Waals surface area contributed by atoms with Crippen molar-refractivity contribution in [2.24, 2.45) is 0 Å². The van der Waals surface area contributed by atoms with E-state index in [0.29, 0.717) is 6.61 Å². The lowest BCUT2D eigenvalue weighted by molar-refractivity contribution is -0.142. The van der Waals surface area contributed by atoms with Crippen LogP contribution in [0.3, 0.4) is 0 Å². The average molecular weight is 265 g/mol. The normalized spacial score (nSPS) is 25.7. The van der Waals surface area contributed by atoms with Crippen molar-refractivity contribution < 1.29 is 14.1 Å². The Bertz CT molecular complexity index is 452. The molecule has 0 bridgehead atoms. The molecule has 1 atom stereocenters. The lowest BCUT2D eigenvalue weighted by Crippen LogP contribution is -2.51.